The van der Waals surface area contributed by atoms with Crippen molar-refractivity contribution in [2.45, 2.75) is 25.6 Å². The summed E-state index contributed by atoms with van der Waals surface area (Å²) in [6, 6.07) is 20.0. The molecule has 0 fully saturated rings. The minimum Gasteiger partial charge on any atom is -0.368 e. The molecule has 4 N–H and O–H groups in total. The molecule has 0 aliphatic carbocycles. The molecule has 0 saturated carbocycles. The number of hydrogen-bond donors (Lipinski definition) is 3. The monoisotopic (exact) mass is 565 g/mol. The molecule has 0 bridgehead atoms. The predicted molar refractivity (Wildman–Crippen MR) is 150 cm³/mol. The Kier molecular flexibility index (Phi) is 8.63. The molecule has 1 unspecified atom stereocenters. The number of para-hydroxylation sites is 1. The summed E-state index contributed by atoms with van der Waals surface area (Å²) in [7, 11) is 0. The van der Waals surface area contributed by atoms with Crippen LogP contribution in [0.1, 0.15) is 23.6 Å². The molecule has 0 aromatic heterocycles. The lowest BCUT2D eigenvalue weighted by Crippen LogP contribution is -2.53. The topological polar surface area (TPSA) is 134 Å². The van der Waals surface area contributed by atoms with Crippen LogP contribution in [0.25, 0.3) is 0 Å². The van der Waals surface area contributed by atoms with Gasteiger partial charge in [0.1, 0.15) is 12.6 Å². The van der Waals surface area contributed by atoms with E-state index in [0.717, 1.165) is 5.56 Å². The average molecular weight is 566 g/mol. The lowest BCUT2D eigenvalue weighted by Gasteiger charge is -2.26. The van der Waals surface area contributed by atoms with Crippen LogP contribution in [0.5, 0.6) is 0 Å². The van der Waals surface area contributed by atoms with Crippen molar-refractivity contribution in [1.29, 1.82) is 0 Å². The van der Waals surface area contributed by atoms with Crippen molar-refractivity contribution in [2.24, 2.45) is 10.7 Å². The fourth-order valence-corrected chi connectivity index (χ4v) is 4.53. The van der Waals surface area contributed by atoms with Gasteiger partial charge in [-0.15, -0.1) is 0 Å². The second-order valence-corrected chi connectivity index (χ2v) is 9.68. The van der Waals surface area contributed by atoms with Gasteiger partial charge >= 0.3 is 0 Å². The Morgan fingerprint density at radius 3 is 2.36 bits per heavy atom. The number of aliphatic imine (C=N–C) groups is 1. The van der Waals surface area contributed by atoms with E-state index in [-0.39, 0.29) is 6.42 Å². The zero-order chi connectivity index (χ0) is 28.1. The molecule has 1 heterocycles. The number of benzodiazepines with no additional fused rings is 1. The maximum atomic E-state index is 13.6. The van der Waals surface area contributed by atoms with Crippen molar-refractivity contribution in [3.8, 4) is 0 Å². The molecule has 3 aromatic rings. The first-order valence-electron chi connectivity index (χ1n) is 12.0. The lowest BCUT2D eigenvalue weighted by molar-refractivity contribution is -0.128. The number of amides is 4. The van der Waals surface area contributed by atoms with E-state index in [4.69, 9.17) is 28.9 Å². The highest BCUT2D eigenvalue weighted by molar-refractivity contribution is 6.42. The summed E-state index contributed by atoms with van der Waals surface area (Å²) in [6.45, 7) is 0.829. The fraction of sp³-hybridized carbons (Fsp3) is 0.179. The van der Waals surface area contributed by atoms with Crippen molar-refractivity contribution in [1.82, 2.24) is 10.6 Å². The normalized spacial score (nSPS) is 15.5. The molecule has 39 heavy (non-hydrogen) atoms. The molecule has 11 heteroatoms. The molecular weight excluding hydrogens is 541 g/mol. The van der Waals surface area contributed by atoms with Crippen molar-refractivity contribution in [2.75, 3.05) is 11.4 Å². The van der Waals surface area contributed by atoms with Gasteiger partial charge < -0.3 is 16.4 Å². The van der Waals surface area contributed by atoms with Crippen LogP contribution in [0.15, 0.2) is 77.8 Å². The van der Waals surface area contributed by atoms with Gasteiger partial charge in [-0.25, -0.2) is 4.99 Å². The zero-order valence-corrected chi connectivity index (χ0v) is 22.4. The van der Waals surface area contributed by atoms with Gasteiger partial charge in [0.05, 0.1) is 21.4 Å². The number of primary amides is 1. The van der Waals surface area contributed by atoms with E-state index in [1.807, 2.05) is 30.3 Å². The van der Waals surface area contributed by atoms with Crippen LogP contribution < -0.4 is 21.3 Å². The first-order chi connectivity index (χ1) is 18.6. The summed E-state index contributed by atoms with van der Waals surface area (Å²) in [5.74, 6) is -2.47. The van der Waals surface area contributed by atoms with Crippen LogP contribution in [0, 0.1) is 0 Å². The fourth-order valence-electron chi connectivity index (χ4n) is 4.21. The standard InChI is InChI=1S/C28H25Cl2N5O4/c1-16(36)32-27-28(39)35(23-10-6-5-9-19(23)25(34-27)18-7-3-2-4-8-18)15-24(37)33-22(26(31)38)14-17-11-12-20(29)21(30)13-17/h2-13,22,27H,14-15H2,1H3,(H2,31,38)(H,32,36)(H,33,37)/t22-,27?/m0/s1. The number of nitrogens with two attached hydrogens (primary N) is 1. The van der Waals surface area contributed by atoms with E-state index in [1.54, 1.807) is 42.5 Å². The summed E-state index contributed by atoms with van der Waals surface area (Å²) >= 11 is 12.0. The van der Waals surface area contributed by atoms with Crippen molar-refractivity contribution < 1.29 is 19.2 Å². The van der Waals surface area contributed by atoms with Gasteiger partial charge in [-0.1, -0.05) is 77.8 Å². The SMILES string of the molecule is CC(=O)NC1N=C(c2ccccc2)c2ccccc2N(CC(=O)N[C@@H](Cc2ccc(Cl)c(Cl)c2)C(N)=O)C1=O. The maximum Gasteiger partial charge on any atom is 0.272 e. The molecule has 200 valence electrons. The number of hydrogen-bond acceptors (Lipinski definition) is 5. The van der Waals surface area contributed by atoms with Crippen LogP contribution in [-0.4, -0.2) is 48.1 Å². The molecular formula is C28H25Cl2N5O4. The Bertz CT molecular complexity index is 1460. The molecule has 0 radical (unpaired) electrons. The maximum absolute atomic E-state index is 13.6. The number of nitrogens with zero attached hydrogens (tertiary/aromatic N) is 2. The molecule has 3 aromatic carbocycles. The van der Waals surface area contributed by atoms with E-state index in [1.165, 1.54) is 11.8 Å². The smallest absolute Gasteiger partial charge is 0.272 e. The van der Waals surface area contributed by atoms with Gasteiger partial charge in [-0.3, -0.25) is 24.1 Å². The van der Waals surface area contributed by atoms with Crippen LogP contribution >= 0.6 is 23.2 Å². The second-order valence-electron chi connectivity index (χ2n) is 8.86. The predicted octanol–water partition coefficient (Wildman–Crippen LogP) is 2.85. The molecule has 0 spiro atoms. The van der Waals surface area contributed by atoms with E-state index in [9.17, 15) is 19.2 Å². The van der Waals surface area contributed by atoms with Crippen molar-refractivity contribution in [3.05, 3.63) is 99.5 Å². The molecule has 2 atom stereocenters. The number of halogens is 2. The minimum absolute atomic E-state index is 0.0677. The van der Waals surface area contributed by atoms with Crippen LogP contribution in [-0.2, 0) is 25.6 Å². The highest BCUT2D eigenvalue weighted by Crippen LogP contribution is 2.28. The third-order valence-electron chi connectivity index (χ3n) is 6.00. The Balaban J connectivity index is 1.65. The summed E-state index contributed by atoms with van der Waals surface area (Å²) in [4.78, 5) is 56.8. The van der Waals surface area contributed by atoms with E-state index >= 15 is 0 Å². The lowest BCUT2D eigenvalue weighted by atomic mass is 10.0. The number of carbonyl (C=O) groups excluding carboxylic acids is 4. The van der Waals surface area contributed by atoms with Crippen molar-refractivity contribution in [3.63, 3.8) is 0 Å². The number of fused-ring (bicyclic) bond motifs is 1. The number of benzene rings is 3. The Labute approximate surface area is 235 Å². The van der Waals surface area contributed by atoms with Gasteiger partial charge in [0.15, 0.2) is 0 Å². The van der Waals surface area contributed by atoms with Gasteiger partial charge in [0, 0.05) is 24.5 Å². The third-order valence-corrected chi connectivity index (χ3v) is 6.74. The Hall–Kier alpha value is -4.21. The van der Waals surface area contributed by atoms with Gasteiger partial charge in [-0.2, -0.15) is 0 Å². The molecule has 9 nitrogen and oxygen atoms in total. The summed E-state index contributed by atoms with van der Waals surface area (Å²) in [6.07, 6.45) is -1.21. The van der Waals surface area contributed by atoms with Crippen LogP contribution in [0.3, 0.4) is 0 Å². The summed E-state index contributed by atoms with van der Waals surface area (Å²) < 4.78 is 0. The van der Waals surface area contributed by atoms with E-state index in [0.29, 0.717) is 32.6 Å². The van der Waals surface area contributed by atoms with Crippen molar-refractivity contribution >= 4 is 58.2 Å². The molecule has 4 rings (SSSR count). The first kappa shape index (κ1) is 27.8. The van der Waals surface area contributed by atoms with Crippen LogP contribution in [0.2, 0.25) is 10.0 Å². The van der Waals surface area contributed by atoms with Gasteiger partial charge in [-0.05, 0) is 23.8 Å². The van der Waals surface area contributed by atoms with Crippen LogP contribution in [0.4, 0.5) is 5.69 Å². The highest BCUT2D eigenvalue weighted by Gasteiger charge is 2.34. The largest absolute Gasteiger partial charge is 0.368 e. The first-order valence-corrected chi connectivity index (χ1v) is 12.7. The van der Waals surface area contributed by atoms with Gasteiger partial charge in [0.25, 0.3) is 5.91 Å². The minimum atomic E-state index is -1.28. The van der Waals surface area contributed by atoms with Gasteiger partial charge in [0.2, 0.25) is 23.9 Å². The molecule has 1 aliphatic heterocycles. The number of nitrogens with one attached hydrogen (secondary N) is 2. The Morgan fingerprint density at radius 2 is 1.69 bits per heavy atom. The third kappa shape index (κ3) is 6.63. The Morgan fingerprint density at radius 1 is 1.00 bits per heavy atom. The molecule has 4 amide bonds. The summed E-state index contributed by atoms with van der Waals surface area (Å²) in [5.41, 5.74) is 8.43. The number of rotatable bonds is 8. The number of carbonyl (C=O) groups is 4. The quantitative estimate of drug-likeness (QED) is 0.387. The average Bonchev–Trinajstić information content (AvgIpc) is 3.01. The van der Waals surface area contributed by atoms with E-state index in [2.05, 4.69) is 15.6 Å². The molecule has 1 aliphatic rings. The number of anilines is 1. The molecule has 0 saturated heterocycles. The summed E-state index contributed by atoms with van der Waals surface area (Å²) in [5, 5.41) is 5.82. The highest BCUT2D eigenvalue weighted by atomic mass is 35.5. The zero-order valence-electron chi connectivity index (χ0n) is 20.9. The van der Waals surface area contributed by atoms with E-state index < -0.39 is 42.4 Å². The second kappa shape index (κ2) is 12.1.